The maximum Gasteiger partial charge on any atom is 0.0425 e. The van der Waals surface area contributed by atoms with Gasteiger partial charge in [0.05, 0.1) is 0 Å². The van der Waals surface area contributed by atoms with Gasteiger partial charge in [0.25, 0.3) is 0 Å². The van der Waals surface area contributed by atoms with E-state index in [0.29, 0.717) is 0 Å². The molecule has 0 amide bonds. The topological polar surface area (TPSA) is 14.1 Å². The van der Waals surface area contributed by atoms with Gasteiger partial charge < -0.3 is 0 Å². The smallest absolute Gasteiger partial charge is 0.0425 e. The Kier molecular flexibility index (Phi) is 3.21. The molecule has 0 aromatic heterocycles. The first-order valence-corrected chi connectivity index (χ1v) is 7.28. The summed E-state index contributed by atoms with van der Waals surface area (Å²) in [4.78, 5) is 0. The zero-order chi connectivity index (χ0) is 10.8. The second kappa shape index (κ2) is 4.81. The first kappa shape index (κ1) is 10.7. The Morgan fingerprint density at radius 1 is 0.812 bits per heavy atom. The Hall–Kier alpha value is -0.460. The molecule has 1 aliphatic heterocycles. The fourth-order valence-corrected chi connectivity index (χ4v) is 4.31. The summed E-state index contributed by atoms with van der Waals surface area (Å²) in [5, 5.41) is 4.54. The first-order chi connectivity index (χ1) is 7.95. The lowest BCUT2D eigenvalue weighted by Gasteiger charge is -2.35. The van der Waals surface area contributed by atoms with E-state index in [0.717, 1.165) is 30.2 Å². The Labute approximate surface area is 99.7 Å². The van der Waals surface area contributed by atoms with E-state index in [2.05, 4.69) is 17.6 Å². The Morgan fingerprint density at radius 3 is 2.12 bits per heavy atom. The fourth-order valence-electron chi connectivity index (χ4n) is 4.31. The monoisotopic (exact) mass is 218 g/mol. The van der Waals surface area contributed by atoms with Crippen molar-refractivity contribution in [2.24, 2.45) is 23.7 Å². The summed E-state index contributed by atoms with van der Waals surface area (Å²) in [6.45, 7) is 1.13. The summed E-state index contributed by atoms with van der Waals surface area (Å²) in [6, 6.07) is 0. The minimum absolute atomic E-state index is 0.878. The van der Waals surface area contributed by atoms with Crippen molar-refractivity contribution in [3.8, 4) is 0 Å². The molecule has 1 nitrogen and oxygen atoms in total. The van der Waals surface area contributed by atoms with E-state index in [4.69, 9.17) is 0 Å². The molecule has 1 heterocycles. The number of nitrogens with zero attached hydrogens (tertiary/aromatic N) is 1. The quantitative estimate of drug-likeness (QED) is 0.670. The largest absolute Gasteiger partial charge is 0.293 e. The molecule has 2 fully saturated rings. The molecule has 2 unspecified atom stereocenters. The van der Waals surface area contributed by atoms with Crippen LogP contribution in [0.1, 0.15) is 51.4 Å². The zero-order valence-corrected chi connectivity index (χ0v) is 10.3. The molecule has 2 saturated carbocycles. The van der Waals surface area contributed by atoms with E-state index in [1.54, 1.807) is 0 Å². The summed E-state index contributed by atoms with van der Waals surface area (Å²) in [5.74, 6) is 3.77. The second-order valence-electron chi connectivity index (χ2n) is 6.04. The van der Waals surface area contributed by atoms with E-state index in [9.17, 15) is 0 Å². The van der Waals surface area contributed by atoms with Crippen molar-refractivity contribution in [1.82, 2.24) is 5.32 Å². The molecular formula is C15H24N. The van der Waals surface area contributed by atoms with E-state index in [-0.39, 0.29) is 0 Å². The highest BCUT2D eigenvalue weighted by atomic mass is 14.9. The van der Waals surface area contributed by atoms with Crippen molar-refractivity contribution >= 4 is 0 Å². The van der Waals surface area contributed by atoms with Crippen LogP contribution in [0.3, 0.4) is 0 Å². The molecule has 0 aromatic rings. The molecule has 0 aromatic carbocycles. The van der Waals surface area contributed by atoms with Crippen molar-refractivity contribution in [3.05, 3.63) is 12.3 Å². The Morgan fingerprint density at radius 2 is 1.44 bits per heavy atom. The van der Waals surface area contributed by atoms with E-state index >= 15 is 0 Å². The SMILES string of the molecule is C1=CC(C2CCCC2)C(C2CCCC2)C[N]1. The highest BCUT2D eigenvalue weighted by molar-refractivity contribution is 5.02. The molecule has 3 rings (SSSR count). The van der Waals surface area contributed by atoms with Crippen LogP contribution < -0.4 is 5.32 Å². The summed E-state index contributed by atoms with van der Waals surface area (Å²) in [5.41, 5.74) is 0. The minimum atomic E-state index is 0.878. The van der Waals surface area contributed by atoms with Gasteiger partial charge in [-0.1, -0.05) is 44.6 Å². The van der Waals surface area contributed by atoms with Gasteiger partial charge in [-0.3, -0.25) is 5.32 Å². The van der Waals surface area contributed by atoms with Gasteiger partial charge in [0.15, 0.2) is 0 Å². The highest BCUT2D eigenvalue weighted by Crippen LogP contribution is 2.43. The average molecular weight is 218 g/mol. The van der Waals surface area contributed by atoms with Crippen molar-refractivity contribution < 1.29 is 0 Å². The van der Waals surface area contributed by atoms with Crippen LogP contribution in [0.5, 0.6) is 0 Å². The molecule has 1 radical (unpaired) electrons. The predicted molar refractivity (Wildman–Crippen MR) is 67.0 cm³/mol. The molecule has 3 aliphatic rings. The van der Waals surface area contributed by atoms with Crippen LogP contribution in [0.4, 0.5) is 0 Å². The van der Waals surface area contributed by atoms with Crippen LogP contribution in [0.15, 0.2) is 12.3 Å². The molecule has 0 bridgehead atoms. The first-order valence-electron chi connectivity index (χ1n) is 7.28. The second-order valence-corrected chi connectivity index (χ2v) is 6.04. The lowest BCUT2D eigenvalue weighted by molar-refractivity contribution is 0.191. The maximum absolute atomic E-state index is 4.54. The molecule has 0 N–H and O–H groups in total. The molecule has 0 saturated heterocycles. The van der Waals surface area contributed by atoms with Gasteiger partial charge in [-0.25, -0.2) is 0 Å². The van der Waals surface area contributed by atoms with Gasteiger partial charge >= 0.3 is 0 Å². The summed E-state index contributed by atoms with van der Waals surface area (Å²) in [7, 11) is 0. The van der Waals surface area contributed by atoms with Gasteiger partial charge in [0.2, 0.25) is 0 Å². The van der Waals surface area contributed by atoms with Crippen molar-refractivity contribution in [1.29, 1.82) is 0 Å². The van der Waals surface area contributed by atoms with E-state index in [1.807, 2.05) is 0 Å². The van der Waals surface area contributed by atoms with Gasteiger partial charge in [0.1, 0.15) is 0 Å². The van der Waals surface area contributed by atoms with E-state index < -0.39 is 0 Å². The zero-order valence-electron chi connectivity index (χ0n) is 10.3. The van der Waals surface area contributed by atoms with Crippen LogP contribution in [-0.4, -0.2) is 6.54 Å². The lowest BCUT2D eigenvalue weighted by Crippen LogP contribution is -2.34. The fraction of sp³-hybridized carbons (Fsp3) is 0.867. The van der Waals surface area contributed by atoms with Crippen molar-refractivity contribution in [2.45, 2.75) is 51.4 Å². The number of rotatable bonds is 2. The normalized spacial score (nSPS) is 36.8. The van der Waals surface area contributed by atoms with Crippen LogP contribution in [0.25, 0.3) is 0 Å². The Balaban J connectivity index is 1.71. The number of hydrogen-bond donors (Lipinski definition) is 0. The summed E-state index contributed by atoms with van der Waals surface area (Å²) in [6.07, 6.45) is 16.4. The van der Waals surface area contributed by atoms with Gasteiger partial charge in [0, 0.05) is 12.7 Å². The standard InChI is InChI=1S/C15H24N/c1-2-6-12(5-1)14-9-10-16-11-15(14)13-7-3-4-8-13/h9-10,12-15H,1-8,11H2. The molecular weight excluding hydrogens is 194 g/mol. The number of allylic oxidation sites excluding steroid dienone is 1. The average Bonchev–Trinajstić information content (AvgIpc) is 3.03. The van der Waals surface area contributed by atoms with Gasteiger partial charge in [-0.2, -0.15) is 0 Å². The molecule has 2 aliphatic carbocycles. The van der Waals surface area contributed by atoms with Gasteiger partial charge in [-0.15, -0.1) is 0 Å². The van der Waals surface area contributed by atoms with Crippen LogP contribution >= 0.6 is 0 Å². The molecule has 16 heavy (non-hydrogen) atoms. The predicted octanol–water partition coefficient (Wildman–Crippen LogP) is 3.73. The summed E-state index contributed by atoms with van der Waals surface area (Å²) < 4.78 is 0. The lowest BCUT2D eigenvalue weighted by atomic mass is 9.72. The van der Waals surface area contributed by atoms with Crippen LogP contribution in [0, 0.1) is 23.7 Å². The van der Waals surface area contributed by atoms with Gasteiger partial charge in [-0.05, 0) is 36.5 Å². The van der Waals surface area contributed by atoms with Crippen LogP contribution in [-0.2, 0) is 0 Å². The van der Waals surface area contributed by atoms with Crippen molar-refractivity contribution in [2.75, 3.05) is 6.54 Å². The summed E-state index contributed by atoms with van der Waals surface area (Å²) >= 11 is 0. The van der Waals surface area contributed by atoms with E-state index in [1.165, 1.54) is 51.4 Å². The number of hydrogen-bond acceptors (Lipinski definition) is 0. The van der Waals surface area contributed by atoms with Crippen molar-refractivity contribution in [3.63, 3.8) is 0 Å². The molecule has 0 spiro atoms. The molecule has 89 valence electrons. The van der Waals surface area contributed by atoms with Crippen LogP contribution in [0.2, 0.25) is 0 Å². The highest BCUT2D eigenvalue weighted by Gasteiger charge is 2.36. The molecule has 1 heteroatoms. The third-order valence-corrected chi connectivity index (χ3v) is 5.17. The molecule has 2 atom stereocenters. The third-order valence-electron chi connectivity index (χ3n) is 5.17. The Bertz CT molecular complexity index is 246. The third kappa shape index (κ3) is 2.01. The minimum Gasteiger partial charge on any atom is -0.293 e. The maximum atomic E-state index is 4.54.